The van der Waals surface area contributed by atoms with Crippen LogP contribution >= 0.6 is 39.1 Å². The smallest absolute Gasteiger partial charge is 0.246 e. The van der Waals surface area contributed by atoms with E-state index in [9.17, 15) is 8.42 Å². The van der Waals surface area contributed by atoms with Gasteiger partial charge in [0.25, 0.3) is 0 Å². The van der Waals surface area contributed by atoms with Crippen molar-refractivity contribution in [2.24, 2.45) is 0 Å². The minimum Gasteiger partial charge on any atom is -0.395 e. The molecular weight excluding hydrogens is 365 g/mol. The van der Waals surface area contributed by atoms with Crippen LogP contribution in [0.4, 0.5) is 0 Å². The number of halogens is 3. The van der Waals surface area contributed by atoms with E-state index >= 15 is 0 Å². The monoisotopic (exact) mass is 375 g/mol. The zero-order valence-corrected chi connectivity index (χ0v) is 13.6. The molecule has 0 aliphatic heterocycles. The maximum atomic E-state index is 12.3. The van der Waals surface area contributed by atoms with Crippen molar-refractivity contribution in [2.75, 3.05) is 13.7 Å². The first-order valence-corrected chi connectivity index (χ1v) is 7.94. The molecule has 18 heavy (non-hydrogen) atoms. The maximum absolute atomic E-state index is 12.3. The van der Waals surface area contributed by atoms with Crippen LogP contribution in [0.25, 0.3) is 0 Å². The highest BCUT2D eigenvalue weighted by Gasteiger charge is 2.29. The van der Waals surface area contributed by atoms with Crippen molar-refractivity contribution < 1.29 is 13.5 Å². The molecule has 0 aliphatic carbocycles. The van der Waals surface area contributed by atoms with E-state index in [0.29, 0.717) is 4.47 Å². The highest BCUT2D eigenvalue weighted by Crippen LogP contribution is 2.34. The molecule has 1 aromatic rings. The molecule has 0 spiro atoms. The van der Waals surface area contributed by atoms with Gasteiger partial charge in [-0.15, -0.1) is 0 Å². The van der Waals surface area contributed by atoms with Gasteiger partial charge in [-0.3, -0.25) is 0 Å². The van der Waals surface area contributed by atoms with Crippen molar-refractivity contribution in [2.45, 2.75) is 17.9 Å². The highest BCUT2D eigenvalue weighted by atomic mass is 79.9. The Labute approximate surface area is 125 Å². The number of nitrogens with zero attached hydrogens (tertiary/aromatic N) is 1. The molecule has 1 N–H and O–H groups in total. The predicted octanol–water partition coefficient (Wildman–Crippen LogP) is 2.76. The van der Waals surface area contributed by atoms with Crippen molar-refractivity contribution in [1.29, 1.82) is 0 Å². The molecule has 0 radical (unpaired) electrons. The van der Waals surface area contributed by atoms with Crippen LogP contribution in [0.5, 0.6) is 0 Å². The standard InChI is InChI=1S/C10H12BrCl2NO3S/c1-6(5-15)14(2)18(16,17)10-8(12)3-7(11)4-9(10)13/h3-4,6,15H,5H2,1-2H3. The number of rotatable bonds is 4. The third-order valence-electron chi connectivity index (χ3n) is 2.49. The second-order valence-electron chi connectivity index (χ2n) is 3.75. The molecule has 0 bridgehead atoms. The van der Waals surface area contributed by atoms with Gasteiger partial charge in [0, 0.05) is 17.6 Å². The molecule has 1 unspecified atom stereocenters. The SMILES string of the molecule is CC(CO)N(C)S(=O)(=O)c1c(Cl)cc(Br)cc1Cl. The van der Waals surface area contributed by atoms with Gasteiger partial charge in [0.1, 0.15) is 4.90 Å². The van der Waals surface area contributed by atoms with Crippen molar-refractivity contribution in [3.8, 4) is 0 Å². The molecule has 4 nitrogen and oxygen atoms in total. The molecule has 0 amide bonds. The van der Waals surface area contributed by atoms with Gasteiger partial charge in [-0.05, 0) is 19.1 Å². The molecule has 0 heterocycles. The van der Waals surface area contributed by atoms with E-state index in [1.807, 2.05) is 0 Å². The molecule has 0 aromatic heterocycles. The summed E-state index contributed by atoms with van der Waals surface area (Å²) in [4.78, 5) is -0.156. The maximum Gasteiger partial charge on any atom is 0.246 e. The first kappa shape index (κ1) is 16.2. The molecule has 0 fully saturated rings. The average molecular weight is 377 g/mol. The van der Waals surface area contributed by atoms with Gasteiger partial charge in [0.05, 0.1) is 16.7 Å². The Balaban J connectivity index is 3.38. The number of hydrogen-bond acceptors (Lipinski definition) is 3. The molecule has 8 heteroatoms. The highest BCUT2D eigenvalue weighted by molar-refractivity contribution is 9.10. The largest absolute Gasteiger partial charge is 0.395 e. The quantitative estimate of drug-likeness (QED) is 0.878. The van der Waals surface area contributed by atoms with E-state index in [2.05, 4.69) is 15.9 Å². The number of aliphatic hydroxyl groups is 1. The van der Waals surface area contributed by atoms with Gasteiger partial charge >= 0.3 is 0 Å². The zero-order valence-electron chi connectivity index (χ0n) is 9.69. The number of hydrogen-bond donors (Lipinski definition) is 1. The van der Waals surface area contributed by atoms with Gasteiger partial charge in [-0.2, -0.15) is 4.31 Å². The molecular formula is C10H12BrCl2NO3S. The van der Waals surface area contributed by atoms with Crippen LogP contribution < -0.4 is 0 Å². The van der Waals surface area contributed by atoms with Gasteiger partial charge in [-0.25, -0.2) is 8.42 Å². The van der Waals surface area contributed by atoms with E-state index in [1.54, 1.807) is 6.92 Å². The normalized spacial score (nSPS) is 13.9. The molecule has 1 aromatic carbocycles. The van der Waals surface area contributed by atoms with Gasteiger partial charge in [-0.1, -0.05) is 39.1 Å². The van der Waals surface area contributed by atoms with Crippen molar-refractivity contribution in [1.82, 2.24) is 4.31 Å². The zero-order chi connectivity index (χ0) is 14.1. The summed E-state index contributed by atoms with van der Waals surface area (Å²) in [6, 6.07) is 2.35. The molecule has 1 rings (SSSR count). The van der Waals surface area contributed by atoms with Gasteiger partial charge < -0.3 is 5.11 Å². The lowest BCUT2D eigenvalue weighted by atomic mass is 10.4. The van der Waals surface area contributed by atoms with E-state index in [0.717, 1.165) is 4.31 Å². The van der Waals surface area contributed by atoms with Crippen LogP contribution in [0, 0.1) is 0 Å². The summed E-state index contributed by atoms with van der Waals surface area (Å²) in [6.45, 7) is 1.29. The van der Waals surface area contributed by atoms with E-state index in [4.69, 9.17) is 28.3 Å². The lowest BCUT2D eigenvalue weighted by Gasteiger charge is -2.23. The van der Waals surface area contributed by atoms with Crippen LogP contribution in [-0.2, 0) is 10.0 Å². The Kier molecular flexibility index (Phi) is 5.46. The fraction of sp³-hybridized carbons (Fsp3) is 0.400. The predicted molar refractivity (Wildman–Crippen MR) is 75.7 cm³/mol. The minimum absolute atomic E-state index is 0.0337. The number of likely N-dealkylation sites (N-methyl/N-ethyl adjacent to an activating group) is 1. The molecule has 0 saturated carbocycles. The Morgan fingerprint density at radius 3 is 2.22 bits per heavy atom. The summed E-state index contributed by atoms with van der Waals surface area (Å²) >= 11 is 15.0. The van der Waals surface area contributed by atoms with Crippen molar-refractivity contribution in [3.63, 3.8) is 0 Å². The lowest BCUT2D eigenvalue weighted by Crippen LogP contribution is -2.37. The van der Waals surface area contributed by atoms with Gasteiger partial charge in [0.15, 0.2) is 0 Å². The first-order valence-electron chi connectivity index (χ1n) is 4.95. The number of aliphatic hydroxyl groups excluding tert-OH is 1. The summed E-state index contributed by atoms with van der Waals surface area (Å²) in [5.74, 6) is 0. The van der Waals surface area contributed by atoms with Crippen molar-refractivity contribution >= 4 is 49.2 Å². The van der Waals surface area contributed by atoms with E-state index < -0.39 is 16.1 Å². The second-order valence-corrected chi connectivity index (χ2v) is 7.42. The second kappa shape index (κ2) is 6.07. The Morgan fingerprint density at radius 2 is 1.83 bits per heavy atom. The topological polar surface area (TPSA) is 57.6 Å². The van der Waals surface area contributed by atoms with Crippen LogP contribution in [-0.4, -0.2) is 37.5 Å². The Bertz CT molecular complexity index is 527. The average Bonchev–Trinajstić information content (AvgIpc) is 2.24. The van der Waals surface area contributed by atoms with Gasteiger partial charge in [0.2, 0.25) is 10.0 Å². The summed E-state index contributed by atoms with van der Waals surface area (Å²) < 4.78 is 26.3. The van der Waals surface area contributed by atoms with Crippen molar-refractivity contribution in [3.05, 3.63) is 26.7 Å². The molecule has 1 atom stereocenters. The summed E-state index contributed by atoms with van der Waals surface area (Å²) in [7, 11) is -2.47. The van der Waals surface area contributed by atoms with E-state index in [1.165, 1.54) is 19.2 Å². The molecule has 0 aliphatic rings. The number of sulfonamides is 1. The van der Waals surface area contributed by atoms with Crippen LogP contribution in [0.3, 0.4) is 0 Å². The molecule has 102 valence electrons. The van der Waals surface area contributed by atoms with Crippen LogP contribution in [0.2, 0.25) is 10.0 Å². The lowest BCUT2D eigenvalue weighted by molar-refractivity contribution is 0.214. The summed E-state index contributed by atoms with van der Waals surface area (Å²) in [6.07, 6.45) is 0. The summed E-state index contributed by atoms with van der Waals surface area (Å²) in [5.41, 5.74) is 0. The van der Waals surface area contributed by atoms with Crippen LogP contribution in [0.1, 0.15) is 6.92 Å². The number of benzene rings is 1. The summed E-state index contributed by atoms with van der Waals surface area (Å²) in [5, 5.41) is 9.09. The Hall–Kier alpha value is 0.150. The first-order chi connectivity index (χ1) is 8.21. The third-order valence-corrected chi connectivity index (χ3v) is 5.84. The third kappa shape index (κ3) is 3.18. The minimum atomic E-state index is -3.84. The van der Waals surface area contributed by atoms with E-state index in [-0.39, 0.29) is 21.5 Å². The molecule has 0 saturated heterocycles. The fourth-order valence-corrected chi connectivity index (χ4v) is 4.50. The fourth-order valence-electron chi connectivity index (χ4n) is 1.27. The van der Waals surface area contributed by atoms with Crippen LogP contribution in [0.15, 0.2) is 21.5 Å². The Morgan fingerprint density at radius 1 is 1.39 bits per heavy atom.